The molecule has 17 heavy (non-hydrogen) atoms. The molecular formula is C12H15N5. The zero-order valence-corrected chi connectivity index (χ0v) is 9.77. The van der Waals surface area contributed by atoms with Gasteiger partial charge in [0.05, 0.1) is 5.69 Å². The summed E-state index contributed by atoms with van der Waals surface area (Å²) in [6, 6.07) is 4.02. The van der Waals surface area contributed by atoms with Gasteiger partial charge in [0.25, 0.3) is 0 Å². The minimum Gasteiger partial charge on any atom is -0.348 e. The van der Waals surface area contributed by atoms with Gasteiger partial charge in [-0.05, 0) is 12.1 Å². The highest BCUT2D eigenvalue weighted by Crippen LogP contribution is 2.26. The van der Waals surface area contributed by atoms with Crippen molar-refractivity contribution in [2.75, 3.05) is 18.5 Å². The number of nitrogens with one attached hydrogen (secondary N) is 2. The zero-order chi connectivity index (χ0) is 11.7. The van der Waals surface area contributed by atoms with E-state index in [9.17, 15) is 0 Å². The summed E-state index contributed by atoms with van der Waals surface area (Å²) >= 11 is 0. The quantitative estimate of drug-likeness (QED) is 0.813. The molecule has 0 fully saturated rings. The summed E-state index contributed by atoms with van der Waals surface area (Å²) < 4.78 is 0. The molecule has 3 rings (SSSR count). The number of rotatable bonds is 2. The lowest BCUT2D eigenvalue weighted by Crippen LogP contribution is -2.27. The molecule has 0 unspecified atom stereocenters. The summed E-state index contributed by atoms with van der Waals surface area (Å²) in [7, 11) is 2.02. The second-order valence-corrected chi connectivity index (χ2v) is 4.16. The van der Waals surface area contributed by atoms with Crippen molar-refractivity contribution in [2.24, 2.45) is 0 Å². The lowest BCUT2D eigenvalue weighted by molar-refractivity contribution is 0.625. The number of hydrogen-bond acceptors (Lipinski definition) is 4. The SMILES string of the molecule is CN(c1ccc[nH]1)c1ncnc2c1CNCC2. The first kappa shape index (κ1) is 10.3. The van der Waals surface area contributed by atoms with Crippen LogP contribution >= 0.6 is 0 Å². The van der Waals surface area contributed by atoms with E-state index in [1.165, 1.54) is 5.56 Å². The third kappa shape index (κ3) is 1.78. The summed E-state index contributed by atoms with van der Waals surface area (Å²) in [4.78, 5) is 14.0. The van der Waals surface area contributed by atoms with Crippen molar-refractivity contribution < 1.29 is 0 Å². The van der Waals surface area contributed by atoms with Gasteiger partial charge in [0, 0.05) is 38.3 Å². The largest absolute Gasteiger partial charge is 0.348 e. The minimum atomic E-state index is 0.844. The van der Waals surface area contributed by atoms with E-state index in [1.54, 1.807) is 6.33 Å². The number of fused-ring (bicyclic) bond motifs is 1. The maximum Gasteiger partial charge on any atom is 0.142 e. The molecule has 2 aromatic heterocycles. The maximum absolute atomic E-state index is 4.40. The topological polar surface area (TPSA) is 56.8 Å². The van der Waals surface area contributed by atoms with Crippen LogP contribution in [0.1, 0.15) is 11.3 Å². The molecule has 0 amide bonds. The lowest BCUT2D eigenvalue weighted by Gasteiger charge is -2.24. The van der Waals surface area contributed by atoms with Crippen LogP contribution in [0.15, 0.2) is 24.7 Å². The molecule has 1 aliphatic rings. The van der Waals surface area contributed by atoms with Crippen LogP contribution in [-0.4, -0.2) is 28.5 Å². The first-order valence-corrected chi connectivity index (χ1v) is 5.77. The van der Waals surface area contributed by atoms with Crippen molar-refractivity contribution in [1.29, 1.82) is 0 Å². The van der Waals surface area contributed by atoms with Crippen molar-refractivity contribution >= 4 is 11.6 Å². The van der Waals surface area contributed by atoms with Crippen LogP contribution < -0.4 is 10.2 Å². The van der Waals surface area contributed by atoms with Crippen LogP contribution in [0, 0.1) is 0 Å². The standard InChI is InChI=1S/C12H15N5/c1-17(11-3-2-5-14-11)12-9-7-13-6-4-10(9)15-8-16-12/h2-3,5,8,13-14H,4,6-7H2,1H3. The van der Waals surface area contributed by atoms with Gasteiger partial charge in [-0.25, -0.2) is 9.97 Å². The van der Waals surface area contributed by atoms with Gasteiger partial charge in [0.1, 0.15) is 18.0 Å². The molecule has 0 spiro atoms. The molecule has 0 aromatic carbocycles. The van der Waals surface area contributed by atoms with Crippen LogP contribution in [0.3, 0.4) is 0 Å². The Morgan fingerprint density at radius 1 is 1.35 bits per heavy atom. The van der Waals surface area contributed by atoms with Crippen molar-refractivity contribution in [2.45, 2.75) is 13.0 Å². The van der Waals surface area contributed by atoms with E-state index in [1.807, 2.05) is 25.4 Å². The molecule has 3 heterocycles. The lowest BCUT2D eigenvalue weighted by atomic mass is 10.1. The molecule has 5 nitrogen and oxygen atoms in total. The number of hydrogen-bond donors (Lipinski definition) is 2. The highest BCUT2D eigenvalue weighted by atomic mass is 15.2. The fourth-order valence-electron chi connectivity index (χ4n) is 2.19. The molecule has 0 bridgehead atoms. The van der Waals surface area contributed by atoms with Gasteiger partial charge < -0.3 is 15.2 Å². The average molecular weight is 229 g/mol. The first-order chi connectivity index (χ1) is 8.36. The Labute approximate surface area is 99.9 Å². The molecule has 88 valence electrons. The molecule has 2 N–H and O–H groups in total. The van der Waals surface area contributed by atoms with Crippen LogP contribution in [-0.2, 0) is 13.0 Å². The fourth-order valence-corrected chi connectivity index (χ4v) is 2.19. The van der Waals surface area contributed by atoms with Crippen molar-refractivity contribution in [1.82, 2.24) is 20.3 Å². The predicted octanol–water partition coefficient (Wildman–Crippen LogP) is 1.22. The summed E-state index contributed by atoms with van der Waals surface area (Å²) in [6.45, 7) is 1.84. The summed E-state index contributed by atoms with van der Waals surface area (Å²) in [5.41, 5.74) is 2.36. The highest BCUT2D eigenvalue weighted by molar-refractivity contribution is 5.59. The van der Waals surface area contributed by atoms with Crippen molar-refractivity contribution in [3.8, 4) is 0 Å². The molecule has 0 aliphatic carbocycles. The molecular weight excluding hydrogens is 214 g/mol. The van der Waals surface area contributed by atoms with Gasteiger partial charge in [-0.15, -0.1) is 0 Å². The third-order valence-electron chi connectivity index (χ3n) is 3.11. The average Bonchev–Trinajstić information content (AvgIpc) is 2.91. The van der Waals surface area contributed by atoms with E-state index in [0.717, 1.165) is 36.8 Å². The van der Waals surface area contributed by atoms with Crippen LogP contribution in [0.2, 0.25) is 0 Å². The van der Waals surface area contributed by atoms with E-state index >= 15 is 0 Å². The summed E-state index contributed by atoms with van der Waals surface area (Å²) in [5.74, 6) is 2.01. The normalized spacial score (nSPS) is 14.4. The van der Waals surface area contributed by atoms with E-state index in [-0.39, 0.29) is 0 Å². The minimum absolute atomic E-state index is 0.844. The molecule has 0 atom stereocenters. The van der Waals surface area contributed by atoms with E-state index in [2.05, 4.69) is 25.2 Å². The van der Waals surface area contributed by atoms with Gasteiger partial charge in [0.15, 0.2) is 0 Å². The monoisotopic (exact) mass is 229 g/mol. The van der Waals surface area contributed by atoms with Crippen LogP contribution in [0.5, 0.6) is 0 Å². The van der Waals surface area contributed by atoms with Gasteiger partial charge in [-0.3, -0.25) is 0 Å². The first-order valence-electron chi connectivity index (χ1n) is 5.77. The van der Waals surface area contributed by atoms with Gasteiger partial charge in [0.2, 0.25) is 0 Å². The number of aromatic nitrogens is 3. The van der Waals surface area contributed by atoms with Gasteiger partial charge >= 0.3 is 0 Å². The zero-order valence-electron chi connectivity index (χ0n) is 9.77. The summed E-state index contributed by atoms with van der Waals surface area (Å²) in [6.07, 6.45) is 4.54. The second kappa shape index (κ2) is 4.18. The number of aromatic amines is 1. The number of nitrogens with zero attached hydrogens (tertiary/aromatic N) is 3. The number of H-pyrrole nitrogens is 1. The second-order valence-electron chi connectivity index (χ2n) is 4.16. The third-order valence-corrected chi connectivity index (χ3v) is 3.11. The van der Waals surface area contributed by atoms with Crippen LogP contribution in [0.25, 0.3) is 0 Å². The van der Waals surface area contributed by atoms with Crippen molar-refractivity contribution in [3.63, 3.8) is 0 Å². The van der Waals surface area contributed by atoms with Gasteiger partial charge in [-0.1, -0.05) is 0 Å². The Kier molecular flexibility index (Phi) is 2.53. The summed E-state index contributed by atoms with van der Waals surface area (Å²) in [5, 5.41) is 3.36. The van der Waals surface area contributed by atoms with E-state index in [4.69, 9.17) is 0 Å². The number of anilines is 2. The van der Waals surface area contributed by atoms with Crippen LogP contribution in [0.4, 0.5) is 11.6 Å². The fraction of sp³-hybridized carbons (Fsp3) is 0.333. The Morgan fingerprint density at radius 3 is 3.12 bits per heavy atom. The Hall–Kier alpha value is -1.88. The smallest absolute Gasteiger partial charge is 0.142 e. The molecule has 0 radical (unpaired) electrons. The Morgan fingerprint density at radius 2 is 2.29 bits per heavy atom. The maximum atomic E-state index is 4.40. The molecule has 0 saturated heterocycles. The molecule has 5 heteroatoms. The Balaban J connectivity index is 2.03. The predicted molar refractivity (Wildman–Crippen MR) is 66.3 cm³/mol. The Bertz CT molecular complexity index is 506. The highest BCUT2D eigenvalue weighted by Gasteiger charge is 2.18. The van der Waals surface area contributed by atoms with E-state index in [0.29, 0.717) is 0 Å². The van der Waals surface area contributed by atoms with Gasteiger partial charge in [-0.2, -0.15) is 0 Å². The molecule has 2 aromatic rings. The van der Waals surface area contributed by atoms with E-state index < -0.39 is 0 Å². The molecule has 1 aliphatic heterocycles. The van der Waals surface area contributed by atoms with Crippen molar-refractivity contribution in [3.05, 3.63) is 35.9 Å². The molecule has 0 saturated carbocycles.